The molecule has 1 amide bonds. The van der Waals surface area contributed by atoms with Crippen molar-refractivity contribution in [1.82, 2.24) is 0 Å². The van der Waals surface area contributed by atoms with Crippen LogP contribution < -0.4 is 15.8 Å². The Hall–Kier alpha value is -3.01. The van der Waals surface area contributed by atoms with Crippen LogP contribution in [0.3, 0.4) is 0 Å². The number of anilines is 2. The van der Waals surface area contributed by atoms with E-state index in [0.29, 0.717) is 18.0 Å². The van der Waals surface area contributed by atoms with Gasteiger partial charge in [0.1, 0.15) is 12.4 Å². The summed E-state index contributed by atoms with van der Waals surface area (Å²) in [4.78, 5) is 11.9. The smallest absolute Gasteiger partial charge is 0.248 e. The molecule has 23 heavy (non-hydrogen) atoms. The van der Waals surface area contributed by atoms with Gasteiger partial charge < -0.3 is 15.8 Å². The number of ether oxygens (including phenoxy) is 1. The second-order valence-electron chi connectivity index (χ2n) is 5.09. The lowest BCUT2D eigenvalue weighted by Gasteiger charge is -2.07. The molecule has 0 radical (unpaired) electrons. The molecule has 3 N–H and O–H groups in total. The number of hydrogen-bond donors (Lipinski definition) is 2. The van der Waals surface area contributed by atoms with E-state index in [4.69, 9.17) is 10.5 Å². The molecule has 0 atom stereocenters. The van der Waals surface area contributed by atoms with Gasteiger partial charge in [-0.2, -0.15) is 0 Å². The van der Waals surface area contributed by atoms with Gasteiger partial charge in [0.15, 0.2) is 0 Å². The minimum Gasteiger partial charge on any atom is -0.487 e. The average molecular weight is 308 g/mol. The van der Waals surface area contributed by atoms with Crippen LogP contribution in [0.4, 0.5) is 11.4 Å². The molecule has 118 valence electrons. The van der Waals surface area contributed by atoms with Gasteiger partial charge in [-0.25, -0.2) is 0 Å². The molecule has 0 aromatic heterocycles. The molecule has 2 aromatic rings. The Balaban J connectivity index is 2.00. The molecule has 0 aliphatic carbocycles. The normalized spacial score (nSPS) is 10.5. The van der Waals surface area contributed by atoms with Crippen LogP contribution in [0.1, 0.15) is 11.1 Å². The molecular formula is C19H20N2O2. The molecule has 2 rings (SSSR count). The second kappa shape index (κ2) is 7.84. The first-order chi connectivity index (χ1) is 11.1. The van der Waals surface area contributed by atoms with Gasteiger partial charge in [0.2, 0.25) is 5.91 Å². The van der Waals surface area contributed by atoms with Gasteiger partial charge in [-0.1, -0.05) is 30.9 Å². The summed E-state index contributed by atoms with van der Waals surface area (Å²) in [6.07, 6.45) is 4.84. The zero-order chi connectivity index (χ0) is 16.7. The van der Waals surface area contributed by atoms with Gasteiger partial charge in [0.05, 0.1) is 5.69 Å². The first kappa shape index (κ1) is 16.4. The third-order valence-electron chi connectivity index (χ3n) is 3.10. The number of benzene rings is 2. The Morgan fingerprint density at radius 3 is 2.83 bits per heavy atom. The van der Waals surface area contributed by atoms with E-state index in [2.05, 4.69) is 11.9 Å². The van der Waals surface area contributed by atoms with E-state index in [1.165, 1.54) is 6.08 Å². The van der Waals surface area contributed by atoms with Crippen molar-refractivity contribution in [2.75, 3.05) is 17.7 Å². The monoisotopic (exact) mass is 308 g/mol. The van der Waals surface area contributed by atoms with E-state index in [1.54, 1.807) is 24.3 Å². The van der Waals surface area contributed by atoms with E-state index >= 15 is 0 Å². The maximum absolute atomic E-state index is 11.9. The third kappa shape index (κ3) is 5.04. The maximum atomic E-state index is 11.9. The summed E-state index contributed by atoms with van der Waals surface area (Å²) in [5.74, 6) is 0.410. The zero-order valence-electron chi connectivity index (χ0n) is 13.1. The lowest BCUT2D eigenvalue weighted by atomic mass is 10.1. The van der Waals surface area contributed by atoms with Gasteiger partial charge in [-0.05, 0) is 48.4 Å². The van der Waals surface area contributed by atoms with E-state index < -0.39 is 0 Å². The fourth-order valence-electron chi connectivity index (χ4n) is 2.03. The Morgan fingerprint density at radius 2 is 2.13 bits per heavy atom. The number of nitrogen functional groups attached to an aromatic ring is 1. The lowest BCUT2D eigenvalue weighted by Crippen LogP contribution is -2.07. The average Bonchev–Trinajstić information content (AvgIpc) is 2.52. The predicted molar refractivity (Wildman–Crippen MR) is 95.4 cm³/mol. The van der Waals surface area contributed by atoms with Crippen molar-refractivity contribution >= 4 is 23.4 Å². The summed E-state index contributed by atoms with van der Waals surface area (Å²) in [6, 6.07) is 13.0. The summed E-state index contributed by atoms with van der Waals surface area (Å²) in [7, 11) is 0. The van der Waals surface area contributed by atoms with Crippen LogP contribution in [-0.4, -0.2) is 12.5 Å². The topological polar surface area (TPSA) is 64.3 Å². The summed E-state index contributed by atoms with van der Waals surface area (Å²) < 4.78 is 5.41. The van der Waals surface area contributed by atoms with Crippen molar-refractivity contribution < 1.29 is 9.53 Å². The molecule has 2 aromatic carbocycles. The molecule has 4 heteroatoms. The van der Waals surface area contributed by atoms with Gasteiger partial charge >= 0.3 is 0 Å². The highest BCUT2D eigenvalue weighted by Gasteiger charge is 2.01. The summed E-state index contributed by atoms with van der Waals surface area (Å²) in [5, 5.41) is 2.81. The molecular weight excluding hydrogens is 288 g/mol. The van der Waals surface area contributed by atoms with Crippen molar-refractivity contribution in [2.45, 2.75) is 6.92 Å². The van der Waals surface area contributed by atoms with Crippen LogP contribution in [0.15, 0.2) is 61.2 Å². The number of nitrogens with two attached hydrogens (primary N) is 1. The third-order valence-corrected chi connectivity index (χ3v) is 3.10. The van der Waals surface area contributed by atoms with Crippen molar-refractivity contribution in [2.24, 2.45) is 0 Å². The van der Waals surface area contributed by atoms with Crippen LogP contribution in [0.5, 0.6) is 5.75 Å². The molecule has 4 nitrogen and oxygen atoms in total. The van der Waals surface area contributed by atoms with Crippen molar-refractivity contribution in [3.8, 4) is 5.75 Å². The van der Waals surface area contributed by atoms with Crippen molar-refractivity contribution in [1.29, 1.82) is 0 Å². The van der Waals surface area contributed by atoms with Gasteiger partial charge in [0, 0.05) is 11.8 Å². The SMILES string of the molecule is C=CCOc1ccc(/C=C\C(=O)Nc2cccc(C)c2)cc1N. The standard InChI is InChI=1S/C19H20N2O2/c1-3-11-23-18-9-7-15(13-17(18)20)8-10-19(22)21-16-6-4-5-14(2)12-16/h3-10,12-13H,1,11,20H2,2H3,(H,21,22)/b10-8-. The number of amides is 1. The Kier molecular flexibility index (Phi) is 5.58. The minimum absolute atomic E-state index is 0.193. The van der Waals surface area contributed by atoms with Gasteiger partial charge in [-0.3, -0.25) is 4.79 Å². The van der Waals surface area contributed by atoms with Crippen LogP contribution in [0, 0.1) is 6.92 Å². The molecule has 0 heterocycles. The predicted octanol–water partition coefficient (Wildman–Crippen LogP) is 3.79. The zero-order valence-corrected chi connectivity index (χ0v) is 13.1. The number of carbonyl (C=O) groups excluding carboxylic acids is 1. The minimum atomic E-state index is -0.193. The molecule has 0 spiro atoms. The first-order valence-corrected chi connectivity index (χ1v) is 7.27. The molecule has 0 fully saturated rings. The van der Waals surface area contributed by atoms with E-state index in [0.717, 1.165) is 16.8 Å². The fraction of sp³-hybridized carbons (Fsp3) is 0.105. The highest BCUT2D eigenvalue weighted by molar-refractivity contribution is 6.02. The van der Waals surface area contributed by atoms with E-state index in [9.17, 15) is 4.79 Å². The summed E-state index contributed by atoms with van der Waals surface area (Å²) >= 11 is 0. The maximum Gasteiger partial charge on any atom is 0.248 e. The number of hydrogen-bond acceptors (Lipinski definition) is 3. The van der Waals surface area contributed by atoms with Gasteiger partial charge in [0.25, 0.3) is 0 Å². The Bertz CT molecular complexity index is 736. The first-order valence-electron chi connectivity index (χ1n) is 7.27. The van der Waals surface area contributed by atoms with Crippen LogP contribution in [-0.2, 0) is 4.79 Å². The molecule has 0 saturated carbocycles. The Labute approximate surface area is 136 Å². The highest BCUT2D eigenvalue weighted by atomic mass is 16.5. The van der Waals surface area contributed by atoms with Crippen LogP contribution in [0.2, 0.25) is 0 Å². The lowest BCUT2D eigenvalue weighted by molar-refractivity contribution is -0.111. The number of nitrogens with one attached hydrogen (secondary N) is 1. The largest absolute Gasteiger partial charge is 0.487 e. The summed E-state index contributed by atoms with van der Waals surface area (Å²) in [6.45, 7) is 5.97. The van der Waals surface area contributed by atoms with E-state index in [-0.39, 0.29) is 5.91 Å². The second-order valence-corrected chi connectivity index (χ2v) is 5.09. The molecule has 0 aliphatic heterocycles. The van der Waals surface area contributed by atoms with Crippen LogP contribution in [0.25, 0.3) is 6.08 Å². The molecule has 0 bridgehead atoms. The highest BCUT2D eigenvalue weighted by Crippen LogP contribution is 2.23. The number of aryl methyl sites for hydroxylation is 1. The number of carbonyl (C=O) groups is 1. The molecule has 0 saturated heterocycles. The number of rotatable bonds is 6. The molecule has 0 unspecified atom stereocenters. The van der Waals surface area contributed by atoms with Crippen LogP contribution >= 0.6 is 0 Å². The van der Waals surface area contributed by atoms with E-state index in [1.807, 2.05) is 37.3 Å². The summed E-state index contributed by atoms with van der Waals surface area (Å²) in [5.41, 5.74) is 9.13. The fourth-order valence-corrected chi connectivity index (χ4v) is 2.03. The van der Waals surface area contributed by atoms with Crippen molar-refractivity contribution in [3.63, 3.8) is 0 Å². The van der Waals surface area contributed by atoms with Crippen molar-refractivity contribution in [3.05, 3.63) is 72.3 Å². The Morgan fingerprint density at radius 1 is 1.30 bits per heavy atom. The van der Waals surface area contributed by atoms with Gasteiger partial charge in [-0.15, -0.1) is 0 Å². The molecule has 0 aliphatic rings. The quantitative estimate of drug-likeness (QED) is 0.485.